The fourth-order valence-electron chi connectivity index (χ4n) is 5.41. The Kier molecular flexibility index (Phi) is 4.19. The molecule has 4 aliphatic rings. The van der Waals surface area contributed by atoms with E-state index in [1.165, 1.54) is 0 Å². The highest BCUT2D eigenvalue weighted by atomic mass is 16.6. The summed E-state index contributed by atoms with van der Waals surface area (Å²) in [4.78, 5) is 28.4. The van der Waals surface area contributed by atoms with Crippen LogP contribution in [0.15, 0.2) is 0 Å². The fraction of sp³-hybridized carbons (Fsp3) is 0.889. The number of piperidine rings is 2. The van der Waals surface area contributed by atoms with Gasteiger partial charge in [0.25, 0.3) is 0 Å². The highest BCUT2D eigenvalue weighted by Crippen LogP contribution is 2.42. The summed E-state index contributed by atoms with van der Waals surface area (Å²) < 4.78 is 5.25. The second-order valence-corrected chi connectivity index (χ2v) is 8.11. The lowest BCUT2D eigenvalue weighted by molar-refractivity contribution is -0.119. The first-order chi connectivity index (χ1) is 11.6. The van der Waals surface area contributed by atoms with Crippen LogP contribution in [0.1, 0.15) is 51.9 Å². The molecule has 4 rings (SSSR count). The number of nitrogens with zero attached hydrogens (tertiary/aromatic N) is 2. The molecule has 1 N–H and O–H groups in total. The summed E-state index contributed by atoms with van der Waals surface area (Å²) >= 11 is 0. The molecule has 134 valence electrons. The Hall–Kier alpha value is -1.30. The van der Waals surface area contributed by atoms with E-state index in [1.54, 1.807) is 0 Å². The SMILES string of the molecule is CCOC(=O)N1C2CC[C@@H]1CC(N1CCC3(CC1)CNC(=O)C3)C2. The van der Waals surface area contributed by atoms with Gasteiger partial charge in [-0.3, -0.25) is 4.79 Å². The first-order valence-electron chi connectivity index (χ1n) is 9.56. The zero-order valence-corrected chi connectivity index (χ0v) is 14.6. The first kappa shape index (κ1) is 16.2. The van der Waals surface area contributed by atoms with Crippen molar-refractivity contribution in [2.45, 2.75) is 70.0 Å². The molecular formula is C18H29N3O3. The van der Waals surface area contributed by atoms with Gasteiger partial charge in [-0.2, -0.15) is 0 Å². The zero-order valence-electron chi connectivity index (χ0n) is 14.6. The van der Waals surface area contributed by atoms with Crippen LogP contribution < -0.4 is 5.32 Å². The van der Waals surface area contributed by atoms with Gasteiger partial charge in [0.2, 0.25) is 5.91 Å². The maximum absolute atomic E-state index is 12.2. The van der Waals surface area contributed by atoms with Gasteiger partial charge in [0.15, 0.2) is 0 Å². The summed E-state index contributed by atoms with van der Waals surface area (Å²) in [6, 6.07) is 1.31. The van der Waals surface area contributed by atoms with Gasteiger partial charge in [-0.25, -0.2) is 4.79 Å². The van der Waals surface area contributed by atoms with Crippen LogP contribution in [0.2, 0.25) is 0 Å². The lowest BCUT2D eigenvalue weighted by Gasteiger charge is -2.46. The molecule has 0 aromatic rings. The second kappa shape index (κ2) is 6.21. The average molecular weight is 335 g/mol. The number of nitrogens with one attached hydrogen (secondary N) is 1. The summed E-state index contributed by atoms with van der Waals surface area (Å²) in [6.07, 6.45) is 7.26. The van der Waals surface area contributed by atoms with Crippen molar-refractivity contribution in [3.05, 3.63) is 0 Å². The molecule has 0 saturated carbocycles. The van der Waals surface area contributed by atoms with Gasteiger partial charge >= 0.3 is 6.09 Å². The summed E-state index contributed by atoms with van der Waals surface area (Å²) in [7, 11) is 0. The maximum atomic E-state index is 12.2. The Morgan fingerprint density at radius 2 is 1.88 bits per heavy atom. The maximum Gasteiger partial charge on any atom is 0.410 e. The van der Waals surface area contributed by atoms with Gasteiger partial charge in [0.05, 0.1) is 6.61 Å². The van der Waals surface area contributed by atoms with Crippen LogP contribution in [-0.4, -0.2) is 66.2 Å². The van der Waals surface area contributed by atoms with Crippen molar-refractivity contribution in [3.8, 4) is 0 Å². The predicted molar refractivity (Wildman–Crippen MR) is 89.6 cm³/mol. The molecule has 4 heterocycles. The van der Waals surface area contributed by atoms with E-state index >= 15 is 0 Å². The number of likely N-dealkylation sites (tertiary alicyclic amines) is 1. The minimum atomic E-state index is -0.114. The number of hydrogen-bond donors (Lipinski definition) is 1. The van der Waals surface area contributed by atoms with Crippen LogP contribution in [0.5, 0.6) is 0 Å². The van der Waals surface area contributed by atoms with E-state index in [9.17, 15) is 9.59 Å². The highest BCUT2D eigenvalue weighted by molar-refractivity contribution is 5.79. The molecule has 6 nitrogen and oxygen atoms in total. The number of fused-ring (bicyclic) bond motifs is 2. The monoisotopic (exact) mass is 335 g/mol. The Balaban J connectivity index is 1.35. The van der Waals surface area contributed by atoms with Crippen molar-refractivity contribution < 1.29 is 14.3 Å². The molecule has 2 amide bonds. The Morgan fingerprint density at radius 1 is 1.21 bits per heavy atom. The van der Waals surface area contributed by atoms with Crippen molar-refractivity contribution in [2.75, 3.05) is 26.2 Å². The molecule has 3 atom stereocenters. The van der Waals surface area contributed by atoms with E-state index in [-0.39, 0.29) is 17.4 Å². The molecule has 4 saturated heterocycles. The van der Waals surface area contributed by atoms with E-state index < -0.39 is 0 Å². The van der Waals surface area contributed by atoms with E-state index in [0.29, 0.717) is 31.2 Å². The average Bonchev–Trinajstić information content (AvgIpc) is 3.05. The topological polar surface area (TPSA) is 61.9 Å². The number of carbonyl (C=O) groups excluding carboxylic acids is 2. The lowest BCUT2D eigenvalue weighted by atomic mass is 9.77. The Morgan fingerprint density at radius 3 is 2.42 bits per heavy atom. The summed E-state index contributed by atoms with van der Waals surface area (Å²) in [5.74, 6) is 0.226. The van der Waals surface area contributed by atoms with E-state index in [2.05, 4.69) is 10.2 Å². The third kappa shape index (κ3) is 2.79. The van der Waals surface area contributed by atoms with Crippen LogP contribution in [0.4, 0.5) is 4.79 Å². The van der Waals surface area contributed by atoms with Crippen LogP contribution in [-0.2, 0) is 9.53 Å². The number of ether oxygens (including phenoxy) is 1. The predicted octanol–water partition coefficient (Wildman–Crippen LogP) is 1.74. The van der Waals surface area contributed by atoms with Crippen LogP contribution in [0, 0.1) is 5.41 Å². The third-order valence-corrected chi connectivity index (χ3v) is 6.76. The van der Waals surface area contributed by atoms with Crippen molar-refractivity contribution in [3.63, 3.8) is 0 Å². The van der Waals surface area contributed by atoms with Gasteiger partial charge in [0.1, 0.15) is 0 Å². The van der Waals surface area contributed by atoms with Gasteiger partial charge in [-0.1, -0.05) is 0 Å². The molecule has 0 aliphatic carbocycles. The van der Waals surface area contributed by atoms with Crippen molar-refractivity contribution >= 4 is 12.0 Å². The standard InChI is InChI=1S/C18H29N3O3/c1-2-24-17(23)21-13-3-4-14(21)10-15(9-13)20-7-5-18(6-8-20)11-16(22)19-12-18/h13-15H,2-12H2,1H3,(H,19,22)/t13-,14?,15?/m1/s1. The number of carbonyl (C=O) groups is 2. The molecule has 2 unspecified atom stereocenters. The molecule has 6 heteroatoms. The summed E-state index contributed by atoms with van der Waals surface area (Å²) in [5.41, 5.74) is 0.220. The van der Waals surface area contributed by atoms with Crippen LogP contribution in [0.25, 0.3) is 0 Å². The quantitative estimate of drug-likeness (QED) is 0.835. The van der Waals surface area contributed by atoms with E-state index in [1.807, 2.05) is 11.8 Å². The summed E-state index contributed by atoms with van der Waals surface area (Å²) in [5, 5.41) is 3.01. The minimum Gasteiger partial charge on any atom is -0.450 e. The first-order valence-corrected chi connectivity index (χ1v) is 9.56. The molecule has 0 aromatic carbocycles. The van der Waals surface area contributed by atoms with Gasteiger partial charge in [-0.05, 0) is 64.0 Å². The van der Waals surface area contributed by atoms with Crippen molar-refractivity contribution in [1.29, 1.82) is 0 Å². The lowest BCUT2D eigenvalue weighted by Crippen LogP contribution is -2.54. The third-order valence-electron chi connectivity index (χ3n) is 6.76. The van der Waals surface area contributed by atoms with Gasteiger partial charge in [-0.15, -0.1) is 0 Å². The Bertz CT molecular complexity index is 502. The minimum absolute atomic E-state index is 0.114. The van der Waals surface area contributed by atoms with Crippen LogP contribution in [0.3, 0.4) is 0 Å². The summed E-state index contributed by atoms with van der Waals surface area (Å²) in [6.45, 7) is 5.39. The molecule has 4 fully saturated rings. The molecule has 1 spiro atoms. The Labute approximate surface area is 143 Å². The van der Waals surface area contributed by atoms with Crippen LogP contribution >= 0.6 is 0 Å². The van der Waals surface area contributed by atoms with E-state index in [4.69, 9.17) is 4.74 Å². The van der Waals surface area contributed by atoms with Gasteiger partial charge < -0.3 is 19.9 Å². The van der Waals surface area contributed by atoms with E-state index in [0.717, 1.165) is 58.2 Å². The fourth-order valence-corrected chi connectivity index (χ4v) is 5.41. The molecular weight excluding hydrogens is 306 g/mol. The molecule has 2 bridgehead atoms. The van der Waals surface area contributed by atoms with Crippen molar-refractivity contribution in [1.82, 2.24) is 15.1 Å². The molecule has 0 aromatic heterocycles. The highest BCUT2D eigenvalue weighted by Gasteiger charge is 2.47. The number of hydrogen-bond acceptors (Lipinski definition) is 4. The number of amides is 2. The van der Waals surface area contributed by atoms with Gasteiger partial charge in [0, 0.05) is 31.1 Å². The zero-order chi connectivity index (χ0) is 16.7. The smallest absolute Gasteiger partial charge is 0.410 e. The second-order valence-electron chi connectivity index (χ2n) is 8.11. The molecule has 4 aliphatic heterocycles. The molecule has 24 heavy (non-hydrogen) atoms. The molecule has 0 radical (unpaired) electrons. The normalized spacial score (nSPS) is 35.3. The number of rotatable bonds is 2. The largest absolute Gasteiger partial charge is 0.450 e. The van der Waals surface area contributed by atoms with Crippen molar-refractivity contribution in [2.24, 2.45) is 5.41 Å².